The van der Waals surface area contributed by atoms with E-state index in [2.05, 4.69) is 26.2 Å². The summed E-state index contributed by atoms with van der Waals surface area (Å²) in [6, 6.07) is 4.29. The molecule has 0 amide bonds. The van der Waals surface area contributed by atoms with Crippen LogP contribution < -0.4 is 5.32 Å². The number of carboxylic acids is 1. The van der Waals surface area contributed by atoms with Crippen molar-refractivity contribution in [2.45, 2.75) is 55.6 Å². The van der Waals surface area contributed by atoms with Gasteiger partial charge in [-0.05, 0) is 66.4 Å². The first-order chi connectivity index (χ1) is 10.0. The molecule has 1 fully saturated rings. The first-order valence-corrected chi connectivity index (χ1v) is 9.03. The third-order valence-electron chi connectivity index (χ3n) is 3.61. The summed E-state index contributed by atoms with van der Waals surface area (Å²) < 4.78 is 1.01. The van der Waals surface area contributed by atoms with Gasteiger partial charge in [-0.3, -0.25) is 10.1 Å². The number of rotatable bonds is 9. The monoisotopic (exact) mass is 372 g/mol. The van der Waals surface area contributed by atoms with Crippen molar-refractivity contribution in [3.8, 4) is 0 Å². The molecule has 0 saturated heterocycles. The lowest BCUT2D eigenvalue weighted by molar-refractivity contribution is -0.144. The van der Waals surface area contributed by atoms with Crippen LogP contribution in [0.3, 0.4) is 0 Å². The zero-order valence-electron chi connectivity index (χ0n) is 12.1. The van der Waals surface area contributed by atoms with Gasteiger partial charge in [-0.15, -0.1) is 11.8 Å². The average molecular weight is 373 g/mol. The van der Waals surface area contributed by atoms with E-state index in [0.717, 1.165) is 40.9 Å². The molecule has 2 rings (SSSR count). The minimum absolute atomic E-state index is 0.407. The van der Waals surface area contributed by atoms with Crippen LogP contribution in [0.2, 0.25) is 0 Å². The fourth-order valence-electron chi connectivity index (χ4n) is 2.15. The van der Waals surface area contributed by atoms with Gasteiger partial charge in [0.25, 0.3) is 0 Å². The van der Waals surface area contributed by atoms with E-state index < -0.39 is 11.5 Å². The van der Waals surface area contributed by atoms with E-state index >= 15 is 0 Å². The number of aliphatic carboxylic acids is 1. The van der Waals surface area contributed by atoms with Crippen LogP contribution in [0.1, 0.15) is 39.0 Å². The van der Waals surface area contributed by atoms with Crippen molar-refractivity contribution < 1.29 is 9.90 Å². The number of pyridine rings is 1. The number of unbranched alkanes of at least 4 members (excludes halogenated alkanes) is 1. The Kier molecular flexibility index (Phi) is 6.08. The van der Waals surface area contributed by atoms with Gasteiger partial charge in [-0.25, -0.2) is 4.98 Å². The van der Waals surface area contributed by atoms with E-state index in [1.165, 1.54) is 0 Å². The number of thioether (sulfide) groups is 1. The molecular formula is C15H21BrN2O2S. The van der Waals surface area contributed by atoms with Crippen molar-refractivity contribution in [1.82, 2.24) is 10.3 Å². The molecule has 1 aromatic rings. The lowest BCUT2D eigenvalue weighted by Crippen LogP contribution is -2.50. The van der Waals surface area contributed by atoms with Crippen molar-refractivity contribution in [3.05, 3.63) is 22.8 Å². The molecule has 0 radical (unpaired) electrons. The first kappa shape index (κ1) is 16.8. The number of carboxylic acid groups (broad SMARTS) is 1. The molecule has 1 heterocycles. The van der Waals surface area contributed by atoms with E-state index in [9.17, 15) is 9.90 Å². The van der Waals surface area contributed by atoms with Gasteiger partial charge in [-0.2, -0.15) is 0 Å². The highest BCUT2D eigenvalue weighted by Gasteiger charge is 2.37. The van der Waals surface area contributed by atoms with Crippen LogP contribution in [-0.2, 0) is 4.79 Å². The summed E-state index contributed by atoms with van der Waals surface area (Å²) in [7, 11) is 0. The normalized spacial score (nSPS) is 17.4. The first-order valence-electron chi connectivity index (χ1n) is 7.26. The molecule has 1 aromatic heterocycles. The van der Waals surface area contributed by atoms with E-state index in [1.54, 1.807) is 24.9 Å². The minimum atomic E-state index is -0.780. The lowest BCUT2D eigenvalue weighted by Gasteiger charge is -2.26. The molecule has 0 bridgehead atoms. The lowest BCUT2D eigenvalue weighted by atomic mass is 9.95. The van der Waals surface area contributed by atoms with E-state index in [0.29, 0.717) is 12.5 Å². The summed E-state index contributed by atoms with van der Waals surface area (Å²) in [5, 5.41) is 13.6. The van der Waals surface area contributed by atoms with E-state index in [-0.39, 0.29) is 0 Å². The van der Waals surface area contributed by atoms with Gasteiger partial charge in [0.15, 0.2) is 0 Å². The number of carbonyl (C=O) groups is 1. The smallest absolute Gasteiger partial charge is 0.323 e. The summed E-state index contributed by atoms with van der Waals surface area (Å²) in [6.45, 7) is 1.80. The molecule has 21 heavy (non-hydrogen) atoms. The highest BCUT2D eigenvalue weighted by molar-refractivity contribution is 9.10. The topological polar surface area (TPSA) is 62.2 Å². The van der Waals surface area contributed by atoms with Crippen molar-refractivity contribution in [1.29, 1.82) is 0 Å². The van der Waals surface area contributed by atoms with Crippen molar-refractivity contribution in [2.75, 3.05) is 5.75 Å². The fraction of sp³-hybridized carbons (Fsp3) is 0.600. The van der Waals surface area contributed by atoms with Gasteiger partial charge in [0.2, 0.25) is 0 Å². The van der Waals surface area contributed by atoms with Crippen LogP contribution in [0.5, 0.6) is 0 Å². The van der Waals surface area contributed by atoms with Gasteiger partial charge >= 0.3 is 5.97 Å². The Hall–Kier alpha value is -0.590. The van der Waals surface area contributed by atoms with E-state index in [4.69, 9.17) is 0 Å². The second-order valence-electron chi connectivity index (χ2n) is 5.65. The maximum Gasteiger partial charge on any atom is 0.323 e. The quantitative estimate of drug-likeness (QED) is 0.511. The number of hydrogen-bond donors (Lipinski definition) is 2. The Bertz CT molecular complexity index is 496. The second-order valence-corrected chi connectivity index (χ2v) is 7.59. The summed E-state index contributed by atoms with van der Waals surface area (Å²) in [5.74, 6) is 0.212. The largest absolute Gasteiger partial charge is 0.480 e. The average Bonchev–Trinajstić information content (AvgIpc) is 3.24. The predicted octanol–water partition coefficient (Wildman–Crippen LogP) is 3.70. The molecule has 1 saturated carbocycles. The predicted molar refractivity (Wildman–Crippen MR) is 88.7 cm³/mol. The molecule has 0 aromatic carbocycles. The highest BCUT2D eigenvalue weighted by atomic mass is 79.9. The third-order valence-corrected chi connectivity index (χ3v) is 5.60. The summed E-state index contributed by atoms with van der Waals surface area (Å²) >= 11 is 5.19. The molecule has 1 aliphatic carbocycles. The van der Waals surface area contributed by atoms with Gasteiger partial charge in [0.1, 0.15) is 10.6 Å². The molecule has 2 N–H and O–H groups in total. The molecule has 1 aliphatic rings. The van der Waals surface area contributed by atoms with Gasteiger partial charge in [0, 0.05) is 16.7 Å². The molecule has 1 atom stereocenters. The second kappa shape index (κ2) is 7.61. The maximum absolute atomic E-state index is 11.4. The molecule has 0 spiro atoms. The number of halogens is 1. The van der Waals surface area contributed by atoms with Crippen molar-refractivity contribution >= 4 is 33.7 Å². The minimum Gasteiger partial charge on any atom is -0.480 e. The summed E-state index contributed by atoms with van der Waals surface area (Å²) in [5.41, 5.74) is -0.780. The van der Waals surface area contributed by atoms with Gasteiger partial charge < -0.3 is 5.11 Å². The van der Waals surface area contributed by atoms with Crippen LogP contribution in [0.25, 0.3) is 0 Å². The third kappa shape index (κ3) is 5.27. The maximum atomic E-state index is 11.4. The fourth-order valence-corrected chi connectivity index (χ4v) is 3.63. The van der Waals surface area contributed by atoms with E-state index in [1.807, 2.05) is 12.1 Å². The van der Waals surface area contributed by atoms with Crippen LogP contribution in [0.15, 0.2) is 27.8 Å². The molecule has 116 valence electrons. The Labute approximate surface area is 138 Å². The van der Waals surface area contributed by atoms with Crippen LogP contribution >= 0.6 is 27.7 Å². The molecule has 4 nitrogen and oxygen atoms in total. The zero-order chi connectivity index (χ0) is 15.3. The standard InChI is InChI=1S/C15H21BrN2O2S/c1-15(14(19)20,18-11-6-7-11)8-2-3-10-21-13-12(16)5-4-9-17-13/h4-5,9,11,18H,2-3,6-8,10H2,1H3,(H,19,20). The van der Waals surface area contributed by atoms with Crippen molar-refractivity contribution in [2.24, 2.45) is 0 Å². The Morgan fingerprint density at radius 3 is 2.95 bits per heavy atom. The highest BCUT2D eigenvalue weighted by Crippen LogP contribution is 2.28. The van der Waals surface area contributed by atoms with Gasteiger partial charge in [-0.1, -0.05) is 6.42 Å². The molecule has 6 heteroatoms. The molecular weight excluding hydrogens is 352 g/mol. The van der Waals surface area contributed by atoms with Crippen molar-refractivity contribution in [3.63, 3.8) is 0 Å². The SMILES string of the molecule is CC(CCCCSc1ncccc1Br)(NC1CC1)C(=O)O. The zero-order valence-corrected chi connectivity index (χ0v) is 14.5. The number of hydrogen-bond acceptors (Lipinski definition) is 4. The van der Waals surface area contributed by atoms with Gasteiger partial charge in [0.05, 0.1) is 0 Å². The molecule has 1 unspecified atom stereocenters. The van der Waals surface area contributed by atoms with Crippen LogP contribution in [0, 0.1) is 0 Å². The summed E-state index contributed by atoms with van der Waals surface area (Å²) in [4.78, 5) is 15.7. The Morgan fingerprint density at radius 1 is 1.57 bits per heavy atom. The summed E-state index contributed by atoms with van der Waals surface area (Å²) in [6.07, 6.45) is 6.55. The van der Waals surface area contributed by atoms with Crippen LogP contribution in [-0.4, -0.2) is 33.4 Å². The molecule has 0 aliphatic heterocycles. The Morgan fingerprint density at radius 2 is 2.33 bits per heavy atom. The Balaban J connectivity index is 1.70. The number of nitrogens with one attached hydrogen (secondary N) is 1. The number of nitrogens with zero attached hydrogens (tertiary/aromatic N) is 1. The number of aromatic nitrogens is 1. The van der Waals surface area contributed by atoms with Crippen LogP contribution in [0.4, 0.5) is 0 Å².